The van der Waals surface area contributed by atoms with E-state index in [2.05, 4.69) is 0 Å². The average molecular weight is 218 g/mol. The molecule has 1 amide bonds. The third-order valence-electron chi connectivity index (χ3n) is 1.81. The number of carbonyl (C=O) groups is 1. The van der Waals surface area contributed by atoms with Crippen molar-refractivity contribution in [1.82, 2.24) is 5.43 Å². The number of benzene rings is 1. The van der Waals surface area contributed by atoms with Gasteiger partial charge in [0.05, 0.1) is 12.0 Å². The third kappa shape index (κ3) is 3.25. The maximum Gasteiger partial charge on any atom is 0.416 e. The van der Waals surface area contributed by atoms with Crippen LogP contribution in [0.2, 0.25) is 0 Å². The van der Waals surface area contributed by atoms with Gasteiger partial charge in [-0.25, -0.2) is 5.84 Å². The zero-order valence-corrected chi connectivity index (χ0v) is 7.64. The Bertz CT molecular complexity index is 345. The van der Waals surface area contributed by atoms with Crippen LogP contribution in [-0.4, -0.2) is 5.91 Å². The minimum absolute atomic E-state index is 0.0331. The zero-order valence-electron chi connectivity index (χ0n) is 7.64. The quantitative estimate of drug-likeness (QED) is 0.445. The first-order valence-electron chi connectivity index (χ1n) is 4.09. The van der Waals surface area contributed by atoms with Gasteiger partial charge < -0.3 is 0 Å². The van der Waals surface area contributed by atoms with Gasteiger partial charge in [-0.05, 0) is 17.7 Å². The van der Waals surface area contributed by atoms with Gasteiger partial charge in [0.2, 0.25) is 5.91 Å². The first kappa shape index (κ1) is 11.5. The lowest BCUT2D eigenvalue weighted by Crippen LogP contribution is -2.31. The van der Waals surface area contributed by atoms with Gasteiger partial charge in [-0.2, -0.15) is 13.2 Å². The van der Waals surface area contributed by atoms with E-state index in [0.29, 0.717) is 5.56 Å². The molecule has 0 bridgehead atoms. The Morgan fingerprint density at radius 3 is 2.20 bits per heavy atom. The monoisotopic (exact) mass is 218 g/mol. The molecule has 0 saturated carbocycles. The fourth-order valence-corrected chi connectivity index (χ4v) is 1.05. The number of alkyl halides is 3. The Labute approximate surface area is 84.0 Å². The molecule has 0 aliphatic heterocycles. The first-order valence-corrected chi connectivity index (χ1v) is 4.09. The molecule has 15 heavy (non-hydrogen) atoms. The first-order chi connectivity index (χ1) is 6.93. The van der Waals surface area contributed by atoms with Crippen LogP contribution in [0.15, 0.2) is 24.3 Å². The molecule has 3 nitrogen and oxygen atoms in total. The maximum atomic E-state index is 12.1. The Balaban J connectivity index is 2.77. The number of amides is 1. The van der Waals surface area contributed by atoms with Gasteiger partial charge in [-0.3, -0.25) is 10.2 Å². The molecule has 0 unspecified atom stereocenters. The van der Waals surface area contributed by atoms with E-state index in [4.69, 9.17) is 5.84 Å². The molecule has 0 fully saturated rings. The summed E-state index contributed by atoms with van der Waals surface area (Å²) >= 11 is 0. The number of hydrazine groups is 1. The molecule has 3 N–H and O–H groups in total. The highest BCUT2D eigenvalue weighted by Gasteiger charge is 2.29. The van der Waals surface area contributed by atoms with E-state index < -0.39 is 17.6 Å². The molecule has 0 saturated heterocycles. The zero-order chi connectivity index (χ0) is 11.5. The van der Waals surface area contributed by atoms with Crippen molar-refractivity contribution < 1.29 is 18.0 Å². The number of hydrogen-bond acceptors (Lipinski definition) is 2. The van der Waals surface area contributed by atoms with Crippen molar-refractivity contribution in [3.8, 4) is 0 Å². The molecule has 0 aliphatic carbocycles. The van der Waals surface area contributed by atoms with E-state index in [-0.39, 0.29) is 6.42 Å². The Morgan fingerprint density at radius 1 is 1.27 bits per heavy atom. The van der Waals surface area contributed by atoms with E-state index in [1.165, 1.54) is 12.1 Å². The van der Waals surface area contributed by atoms with Gasteiger partial charge in [-0.15, -0.1) is 0 Å². The second kappa shape index (κ2) is 4.31. The normalized spacial score (nSPS) is 11.2. The standard InChI is InChI=1S/C9H9F3N2O/c10-9(11,12)7-3-1-6(2-4-7)5-8(15)14-13/h1-4H,5,13H2,(H,14,15). The van der Waals surface area contributed by atoms with Gasteiger partial charge in [-0.1, -0.05) is 12.1 Å². The molecule has 82 valence electrons. The molecule has 0 spiro atoms. The van der Waals surface area contributed by atoms with Gasteiger partial charge >= 0.3 is 6.18 Å². The van der Waals surface area contributed by atoms with Crippen LogP contribution < -0.4 is 11.3 Å². The summed E-state index contributed by atoms with van der Waals surface area (Å²) in [4.78, 5) is 10.8. The summed E-state index contributed by atoms with van der Waals surface area (Å²) in [6.07, 6.45) is -4.39. The van der Waals surface area contributed by atoms with E-state index in [0.717, 1.165) is 12.1 Å². The molecule has 1 aromatic rings. The summed E-state index contributed by atoms with van der Waals surface area (Å²) in [5.74, 6) is 4.39. The van der Waals surface area contributed by atoms with Gasteiger partial charge in [0.25, 0.3) is 0 Å². The molecule has 1 aromatic carbocycles. The minimum atomic E-state index is -4.35. The summed E-state index contributed by atoms with van der Waals surface area (Å²) in [7, 11) is 0. The minimum Gasteiger partial charge on any atom is -0.294 e. The molecule has 6 heteroatoms. The largest absolute Gasteiger partial charge is 0.416 e. The smallest absolute Gasteiger partial charge is 0.294 e. The summed E-state index contributed by atoms with van der Waals surface area (Å²) in [5, 5.41) is 0. The maximum absolute atomic E-state index is 12.1. The molecular weight excluding hydrogens is 209 g/mol. The molecule has 0 aromatic heterocycles. The van der Waals surface area contributed by atoms with E-state index in [1.54, 1.807) is 0 Å². The van der Waals surface area contributed by atoms with Crippen LogP contribution in [0.4, 0.5) is 13.2 Å². The van der Waals surface area contributed by atoms with Crippen LogP contribution in [-0.2, 0) is 17.4 Å². The van der Waals surface area contributed by atoms with Crippen molar-refractivity contribution in [2.24, 2.45) is 5.84 Å². The van der Waals surface area contributed by atoms with E-state index in [9.17, 15) is 18.0 Å². The molecule has 0 heterocycles. The van der Waals surface area contributed by atoms with Gasteiger partial charge in [0.1, 0.15) is 0 Å². The molecule has 0 atom stereocenters. The Kier molecular flexibility index (Phi) is 3.31. The highest BCUT2D eigenvalue weighted by Crippen LogP contribution is 2.29. The van der Waals surface area contributed by atoms with Crippen LogP contribution in [0.1, 0.15) is 11.1 Å². The van der Waals surface area contributed by atoms with Crippen LogP contribution >= 0.6 is 0 Å². The summed E-state index contributed by atoms with van der Waals surface area (Å²) < 4.78 is 36.4. The van der Waals surface area contributed by atoms with Crippen molar-refractivity contribution in [3.05, 3.63) is 35.4 Å². The predicted molar refractivity (Wildman–Crippen MR) is 47.5 cm³/mol. The molecule has 1 rings (SSSR count). The average Bonchev–Trinajstić information content (AvgIpc) is 2.17. The lowest BCUT2D eigenvalue weighted by Gasteiger charge is -2.07. The lowest BCUT2D eigenvalue weighted by molar-refractivity contribution is -0.137. The highest BCUT2D eigenvalue weighted by atomic mass is 19.4. The number of carbonyl (C=O) groups excluding carboxylic acids is 1. The highest BCUT2D eigenvalue weighted by molar-refractivity contribution is 5.77. The van der Waals surface area contributed by atoms with Crippen molar-refractivity contribution >= 4 is 5.91 Å². The Hall–Kier alpha value is -1.56. The SMILES string of the molecule is NNC(=O)Cc1ccc(C(F)(F)F)cc1. The summed E-state index contributed by atoms with van der Waals surface area (Å²) in [6.45, 7) is 0. The second-order valence-electron chi connectivity index (χ2n) is 2.94. The number of rotatable bonds is 2. The van der Waals surface area contributed by atoms with Crippen molar-refractivity contribution in [1.29, 1.82) is 0 Å². The molecular formula is C9H9F3N2O. The number of halogens is 3. The molecule has 0 aliphatic rings. The second-order valence-corrected chi connectivity index (χ2v) is 2.94. The van der Waals surface area contributed by atoms with Crippen LogP contribution in [0.25, 0.3) is 0 Å². The molecule has 0 radical (unpaired) electrons. The van der Waals surface area contributed by atoms with Crippen LogP contribution in [0.3, 0.4) is 0 Å². The summed E-state index contributed by atoms with van der Waals surface area (Å²) in [5.41, 5.74) is 1.64. The van der Waals surface area contributed by atoms with Gasteiger partial charge in [0.15, 0.2) is 0 Å². The van der Waals surface area contributed by atoms with E-state index in [1.807, 2.05) is 5.43 Å². The van der Waals surface area contributed by atoms with Crippen LogP contribution in [0.5, 0.6) is 0 Å². The third-order valence-corrected chi connectivity index (χ3v) is 1.81. The van der Waals surface area contributed by atoms with Gasteiger partial charge in [0, 0.05) is 0 Å². The van der Waals surface area contributed by atoms with Crippen molar-refractivity contribution in [2.75, 3.05) is 0 Å². The fraction of sp³-hybridized carbons (Fsp3) is 0.222. The Morgan fingerprint density at radius 2 is 1.80 bits per heavy atom. The van der Waals surface area contributed by atoms with Crippen molar-refractivity contribution in [3.63, 3.8) is 0 Å². The van der Waals surface area contributed by atoms with Crippen molar-refractivity contribution in [2.45, 2.75) is 12.6 Å². The predicted octanol–water partition coefficient (Wildman–Crippen LogP) is 1.24. The number of nitrogens with two attached hydrogens (primary N) is 1. The van der Waals surface area contributed by atoms with E-state index >= 15 is 0 Å². The number of hydrogen-bond donors (Lipinski definition) is 2. The van der Waals surface area contributed by atoms with Crippen LogP contribution in [0, 0.1) is 0 Å². The summed E-state index contributed by atoms with van der Waals surface area (Å²) in [6, 6.07) is 4.36. The lowest BCUT2D eigenvalue weighted by atomic mass is 10.1. The fourth-order valence-electron chi connectivity index (χ4n) is 1.05. The number of nitrogens with one attached hydrogen (secondary N) is 1. The topological polar surface area (TPSA) is 55.1 Å².